The summed E-state index contributed by atoms with van der Waals surface area (Å²) in [4.78, 5) is 22.9. The molecule has 0 fully saturated rings. The second-order valence-electron chi connectivity index (χ2n) is 6.18. The Bertz CT molecular complexity index is 841. The predicted octanol–water partition coefficient (Wildman–Crippen LogP) is 4.62. The molecular weight excluding hydrogens is 362 g/mol. The van der Waals surface area contributed by atoms with Crippen LogP contribution >= 0.6 is 23.1 Å². The van der Waals surface area contributed by atoms with Crippen molar-refractivity contribution < 1.29 is 4.79 Å². The molecule has 0 radical (unpaired) electrons. The van der Waals surface area contributed by atoms with E-state index in [4.69, 9.17) is 0 Å². The van der Waals surface area contributed by atoms with Gasteiger partial charge >= 0.3 is 0 Å². The molecule has 3 aromatic rings. The number of thiazole rings is 1. The van der Waals surface area contributed by atoms with E-state index in [-0.39, 0.29) is 5.91 Å². The minimum absolute atomic E-state index is 0.000968. The molecule has 0 spiro atoms. The maximum Gasteiger partial charge on any atom is 0.260 e. The summed E-state index contributed by atoms with van der Waals surface area (Å²) in [5.74, 6) is 1.02. The van der Waals surface area contributed by atoms with E-state index in [0.717, 1.165) is 27.6 Å². The molecule has 0 atom stereocenters. The van der Waals surface area contributed by atoms with Crippen molar-refractivity contribution >= 4 is 44.4 Å². The summed E-state index contributed by atoms with van der Waals surface area (Å²) >= 11 is 3.34. The van der Waals surface area contributed by atoms with Crippen LogP contribution in [-0.2, 0) is 0 Å². The first kappa shape index (κ1) is 18.9. The Hall–Kier alpha value is -1.89. The molecule has 6 heteroatoms. The molecule has 136 valence electrons. The van der Waals surface area contributed by atoms with E-state index >= 15 is 0 Å². The van der Waals surface area contributed by atoms with Crippen LogP contribution in [0.25, 0.3) is 10.2 Å². The molecule has 3 rings (SSSR count). The fourth-order valence-electron chi connectivity index (χ4n) is 2.58. The number of nitrogens with zero attached hydrogens (tertiary/aromatic N) is 3. The molecule has 26 heavy (non-hydrogen) atoms. The summed E-state index contributed by atoms with van der Waals surface area (Å²) in [5.41, 5.74) is 1.63. The van der Waals surface area contributed by atoms with Gasteiger partial charge in [-0.2, -0.15) is 0 Å². The number of amides is 1. The Balaban J connectivity index is 1.90. The van der Waals surface area contributed by atoms with Gasteiger partial charge in [-0.25, -0.2) is 4.98 Å². The summed E-state index contributed by atoms with van der Waals surface area (Å²) in [5, 5.41) is 0.755. The summed E-state index contributed by atoms with van der Waals surface area (Å²) in [6.07, 6.45) is 0. The number of hydrogen-bond acceptors (Lipinski definition) is 5. The van der Waals surface area contributed by atoms with Crippen LogP contribution in [0, 0.1) is 0 Å². The number of fused-ring (bicyclic) bond motifs is 1. The molecule has 2 aromatic carbocycles. The third-order valence-electron chi connectivity index (χ3n) is 3.94. The number of carbonyl (C=O) groups is 1. The minimum atomic E-state index is -0.000968. The molecule has 0 aliphatic heterocycles. The first-order valence-corrected chi connectivity index (χ1v) is 10.4. The van der Waals surface area contributed by atoms with Gasteiger partial charge in [-0.3, -0.25) is 9.69 Å². The van der Waals surface area contributed by atoms with Gasteiger partial charge in [0.2, 0.25) is 0 Å². The van der Waals surface area contributed by atoms with Crippen LogP contribution in [0.1, 0.15) is 17.3 Å². The minimum Gasteiger partial charge on any atom is -0.308 e. The van der Waals surface area contributed by atoms with E-state index in [1.807, 2.05) is 62.6 Å². The number of para-hydroxylation sites is 1. The topological polar surface area (TPSA) is 36.4 Å². The van der Waals surface area contributed by atoms with Crippen LogP contribution in [0.15, 0.2) is 53.4 Å². The highest BCUT2D eigenvalue weighted by atomic mass is 32.2. The average Bonchev–Trinajstić information content (AvgIpc) is 3.06. The highest BCUT2D eigenvalue weighted by molar-refractivity contribution is 7.99. The van der Waals surface area contributed by atoms with E-state index in [9.17, 15) is 4.79 Å². The molecule has 0 saturated carbocycles. The molecule has 0 aliphatic carbocycles. The standard InChI is InChI=1S/C20H23N3OS2/c1-4-25-16-11-9-15(10-12-16)19(24)23(14-13-22(2)3)20-21-17-7-5-6-8-18(17)26-20/h5-12H,4,13-14H2,1-3H3. The van der Waals surface area contributed by atoms with Crippen LogP contribution in [0.2, 0.25) is 0 Å². The molecule has 0 aliphatic rings. The molecule has 4 nitrogen and oxygen atoms in total. The lowest BCUT2D eigenvalue weighted by Crippen LogP contribution is -2.36. The third kappa shape index (κ3) is 4.44. The van der Waals surface area contributed by atoms with Gasteiger partial charge in [0.25, 0.3) is 5.91 Å². The quantitative estimate of drug-likeness (QED) is 0.556. The average molecular weight is 386 g/mol. The Morgan fingerprint density at radius 3 is 2.46 bits per heavy atom. The van der Waals surface area contributed by atoms with Crippen LogP contribution in [0.3, 0.4) is 0 Å². The maximum atomic E-state index is 13.2. The fourth-order valence-corrected chi connectivity index (χ4v) is 4.23. The SMILES string of the molecule is CCSc1ccc(C(=O)N(CCN(C)C)c2nc3ccccc3s2)cc1. The lowest BCUT2D eigenvalue weighted by atomic mass is 10.2. The predicted molar refractivity (Wildman–Crippen MR) is 113 cm³/mol. The van der Waals surface area contributed by atoms with E-state index in [2.05, 4.69) is 16.8 Å². The number of likely N-dealkylation sites (N-methyl/N-ethyl adjacent to an activating group) is 1. The number of anilines is 1. The Morgan fingerprint density at radius 2 is 1.81 bits per heavy atom. The zero-order valence-corrected chi connectivity index (χ0v) is 16.9. The monoisotopic (exact) mass is 385 g/mol. The second kappa shape index (κ2) is 8.66. The number of benzene rings is 2. The van der Waals surface area contributed by atoms with Gasteiger partial charge in [-0.05, 0) is 56.2 Å². The van der Waals surface area contributed by atoms with Crippen molar-refractivity contribution in [1.82, 2.24) is 9.88 Å². The van der Waals surface area contributed by atoms with Gasteiger partial charge in [-0.1, -0.05) is 30.4 Å². The molecule has 0 N–H and O–H groups in total. The fraction of sp³-hybridized carbons (Fsp3) is 0.300. The highest BCUT2D eigenvalue weighted by Crippen LogP contribution is 2.29. The van der Waals surface area contributed by atoms with Gasteiger partial charge in [0.1, 0.15) is 0 Å². The van der Waals surface area contributed by atoms with E-state index in [0.29, 0.717) is 12.1 Å². The normalized spacial score (nSPS) is 11.2. The maximum absolute atomic E-state index is 13.2. The van der Waals surface area contributed by atoms with Gasteiger partial charge in [0.15, 0.2) is 5.13 Å². The first-order valence-electron chi connectivity index (χ1n) is 8.63. The van der Waals surface area contributed by atoms with Crippen molar-refractivity contribution in [2.45, 2.75) is 11.8 Å². The van der Waals surface area contributed by atoms with Gasteiger partial charge in [0, 0.05) is 23.5 Å². The van der Waals surface area contributed by atoms with Crippen molar-refractivity contribution in [3.8, 4) is 0 Å². The largest absolute Gasteiger partial charge is 0.308 e. The second-order valence-corrected chi connectivity index (χ2v) is 8.53. The molecule has 0 saturated heterocycles. The Morgan fingerprint density at radius 1 is 1.08 bits per heavy atom. The molecule has 1 amide bonds. The summed E-state index contributed by atoms with van der Waals surface area (Å²) < 4.78 is 1.10. The number of carbonyl (C=O) groups excluding carboxylic acids is 1. The number of aromatic nitrogens is 1. The van der Waals surface area contributed by atoms with Crippen molar-refractivity contribution in [2.24, 2.45) is 0 Å². The summed E-state index contributed by atoms with van der Waals surface area (Å²) in [7, 11) is 4.02. The summed E-state index contributed by atoms with van der Waals surface area (Å²) in [6, 6.07) is 15.9. The van der Waals surface area contributed by atoms with E-state index < -0.39 is 0 Å². The molecule has 0 unspecified atom stereocenters. The Labute approximate surface area is 162 Å². The van der Waals surface area contributed by atoms with Crippen molar-refractivity contribution in [3.05, 3.63) is 54.1 Å². The van der Waals surface area contributed by atoms with Gasteiger partial charge in [-0.15, -0.1) is 11.8 Å². The van der Waals surface area contributed by atoms with E-state index in [1.165, 1.54) is 4.90 Å². The highest BCUT2D eigenvalue weighted by Gasteiger charge is 2.21. The van der Waals surface area contributed by atoms with Crippen molar-refractivity contribution in [2.75, 3.05) is 37.8 Å². The van der Waals surface area contributed by atoms with Crippen LogP contribution < -0.4 is 4.90 Å². The molecule has 0 bridgehead atoms. The number of thioether (sulfide) groups is 1. The zero-order chi connectivity index (χ0) is 18.5. The lowest BCUT2D eigenvalue weighted by molar-refractivity contribution is 0.0985. The smallest absolute Gasteiger partial charge is 0.260 e. The molecule has 1 aromatic heterocycles. The first-order chi connectivity index (χ1) is 12.6. The number of rotatable bonds is 7. The van der Waals surface area contributed by atoms with Crippen LogP contribution in [-0.4, -0.2) is 48.7 Å². The molecule has 1 heterocycles. The Kier molecular flexibility index (Phi) is 6.29. The third-order valence-corrected chi connectivity index (χ3v) is 5.90. The molecular formula is C20H23N3OS2. The summed E-state index contributed by atoms with van der Waals surface area (Å²) in [6.45, 7) is 3.52. The lowest BCUT2D eigenvalue weighted by Gasteiger charge is -2.22. The van der Waals surface area contributed by atoms with Crippen LogP contribution in [0.5, 0.6) is 0 Å². The van der Waals surface area contributed by atoms with Crippen LogP contribution in [0.4, 0.5) is 5.13 Å². The van der Waals surface area contributed by atoms with E-state index in [1.54, 1.807) is 28.0 Å². The number of hydrogen-bond donors (Lipinski definition) is 0. The van der Waals surface area contributed by atoms with Gasteiger partial charge in [0.05, 0.1) is 10.2 Å². The van der Waals surface area contributed by atoms with Crippen molar-refractivity contribution in [1.29, 1.82) is 0 Å². The van der Waals surface area contributed by atoms with Crippen molar-refractivity contribution in [3.63, 3.8) is 0 Å². The van der Waals surface area contributed by atoms with Gasteiger partial charge < -0.3 is 4.90 Å². The zero-order valence-electron chi connectivity index (χ0n) is 15.3.